The van der Waals surface area contributed by atoms with E-state index in [0.717, 1.165) is 5.56 Å². The zero-order valence-electron chi connectivity index (χ0n) is 10.5. The Morgan fingerprint density at radius 2 is 1.65 bits per heavy atom. The number of anilines is 2. The average molecular weight is 283 g/mol. The van der Waals surface area contributed by atoms with E-state index in [4.69, 9.17) is 11.6 Å². The minimum absolute atomic E-state index is 0.625. The third-order valence-electron chi connectivity index (χ3n) is 2.67. The van der Waals surface area contributed by atoms with Crippen molar-refractivity contribution in [3.8, 4) is 11.4 Å². The maximum atomic E-state index is 5.93. The molecule has 5 heteroatoms. The Morgan fingerprint density at radius 3 is 2.45 bits per heavy atom. The lowest BCUT2D eigenvalue weighted by Crippen LogP contribution is -1.98. The van der Waals surface area contributed by atoms with E-state index >= 15 is 0 Å². The summed E-state index contributed by atoms with van der Waals surface area (Å²) in [5.74, 6) is 1.99. The highest BCUT2D eigenvalue weighted by Gasteiger charge is 2.03. The van der Waals surface area contributed by atoms with E-state index in [9.17, 15) is 0 Å². The lowest BCUT2D eigenvalue weighted by molar-refractivity contribution is 1.16. The molecule has 0 aliphatic rings. The fraction of sp³-hybridized carbons (Fsp3) is 0. The first-order valence-corrected chi connectivity index (χ1v) is 6.46. The Morgan fingerprint density at radius 1 is 0.850 bits per heavy atom. The standard InChI is InChI=1S/C15H11ClN4/c16-12-6-8-17-14(10-12)19-13-7-9-18-15(20-13)11-4-2-1-3-5-11/h1-10H,(H,17,18,19,20). The molecule has 0 bridgehead atoms. The summed E-state index contributed by atoms with van der Waals surface area (Å²) in [6.07, 6.45) is 3.35. The molecule has 0 saturated heterocycles. The maximum Gasteiger partial charge on any atom is 0.161 e. The Balaban J connectivity index is 1.88. The number of nitrogens with one attached hydrogen (secondary N) is 1. The number of hydrogen-bond acceptors (Lipinski definition) is 4. The number of benzene rings is 1. The van der Waals surface area contributed by atoms with Crippen LogP contribution in [-0.2, 0) is 0 Å². The lowest BCUT2D eigenvalue weighted by atomic mass is 10.2. The van der Waals surface area contributed by atoms with E-state index in [1.54, 1.807) is 30.6 Å². The van der Waals surface area contributed by atoms with Gasteiger partial charge in [-0.25, -0.2) is 15.0 Å². The van der Waals surface area contributed by atoms with Gasteiger partial charge in [-0.1, -0.05) is 41.9 Å². The second-order valence-electron chi connectivity index (χ2n) is 4.12. The quantitative estimate of drug-likeness (QED) is 0.790. The third kappa shape index (κ3) is 2.92. The van der Waals surface area contributed by atoms with Gasteiger partial charge in [0.05, 0.1) is 0 Å². The van der Waals surface area contributed by atoms with Crippen LogP contribution < -0.4 is 5.32 Å². The van der Waals surface area contributed by atoms with Gasteiger partial charge in [-0.2, -0.15) is 0 Å². The molecule has 1 aromatic carbocycles. The van der Waals surface area contributed by atoms with Crippen LogP contribution in [0.2, 0.25) is 5.02 Å². The monoisotopic (exact) mass is 282 g/mol. The molecule has 0 radical (unpaired) electrons. The van der Waals surface area contributed by atoms with Gasteiger partial charge in [-0.3, -0.25) is 0 Å². The Hall–Kier alpha value is -2.46. The van der Waals surface area contributed by atoms with E-state index < -0.39 is 0 Å². The molecule has 1 N–H and O–H groups in total. The second kappa shape index (κ2) is 5.67. The predicted octanol–water partition coefficient (Wildman–Crippen LogP) is 3.94. The van der Waals surface area contributed by atoms with Gasteiger partial charge in [-0.05, 0) is 18.2 Å². The summed E-state index contributed by atoms with van der Waals surface area (Å²) >= 11 is 5.93. The van der Waals surface area contributed by atoms with Gasteiger partial charge in [0.25, 0.3) is 0 Å². The van der Waals surface area contributed by atoms with Crippen LogP contribution in [0.4, 0.5) is 11.6 Å². The van der Waals surface area contributed by atoms with Crippen molar-refractivity contribution in [1.29, 1.82) is 0 Å². The molecule has 2 aromatic heterocycles. The number of rotatable bonds is 3. The van der Waals surface area contributed by atoms with Crippen molar-refractivity contribution in [3.05, 3.63) is 65.9 Å². The first-order chi connectivity index (χ1) is 9.81. The molecule has 2 heterocycles. The smallest absolute Gasteiger partial charge is 0.161 e. The largest absolute Gasteiger partial charge is 0.325 e. The van der Waals surface area contributed by atoms with Crippen molar-refractivity contribution in [2.75, 3.05) is 5.32 Å². The molecule has 3 rings (SSSR count). The summed E-state index contributed by atoms with van der Waals surface area (Å²) in [7, 11) is 0. The zero-order chi connectivity index (χ0) is 13.8. The molecule has 0 spiro atoms. The van der Waals surface area contributed by atoms with Crippen LogP contribution in [0, 0.1) is 0 Å². The van der Waals surface area contributed by atoms with Crippen molar-refractivity contribution in [2.24, 2.45) is 0 Å². The van der Waals surface area contributed by atoms with Crippen LogP contribution in [0.25, 0.3) is 11.4 Å². The SMILES string of the molecule is Clc1ccnc(Nc2ccnc(-c3ccccc3)n2)c1. The Labute approximate surface area is 121 Å². The van der Waals surface area contributed by atoms with Crippen molar-refractivity contribution < 1.29 is 0 Å². The lowest BCUT2D eigenvalue weighted by Gasteiger charge is -2.06. The van der Waals surface area contributed by atoms with Crippen molar-refractivity contribution in [3.63, 3.8) is 0 Å². The third-order valence-corrected chi connectivity index (χ3v) is 2.90. The zero-order valence-corrected chi connectivity index (χ0v) is 11.2. The highest BCUT2D eigenvalue weighted by molar-refractivity contribution is 6.30. The molecular weight excluding hydrogens is 272 g/mol. The molecule has 0 aliphatic heterocycles. The first-order valence-electron chi connectivity index (χ1n) is 6.08. The average Bonchev–Trinajstić information content (AvgIpc) is 2.48. The van der Waals surface area contributed by atoms with Crippen molar-refractivity contribution in [1.82, 2.24) is 15.0 Å². The second-order valence-corrected chi connectivity index (χ2v) is 4.55. The molecule has 3 aromatic rings. The number of aromatic nitrogens is 3. The van der Waals surface area contributed by atoms with Crippen molar-refractivity contribution >= 4 is 23.2 Å². The normalized spacial score (nSPS) is 10.2. The van der Waals surface area contributed by atoms with Crippen LogP contribution in [-0.4, -0.2) is 15.0 Å². The molecule has 0 fully saturated rings. The van der Waals surface area contributed by atoms with E-state index in [0.29, 0.717) is 22.5 Å². The van der Waals surface area contributed by atoms with Gasteiger partial charge in [0, 0.05) is 23.0 Å². The molecule has 0 amide bonds. The molecule has 0 saturated carbocycles. The van der Waals surface area contributed by atoms with Crippen LogP contribution in [0.1, 0.15) is 0 Å². The Bertz CT molecular complexity index is 716. The van der Waals surface area contributed by atoms with Crippen molar-refractivity contribution in [2.45, 2.75) is 0 Å². The fourth-order valence-electron chi connectivity index (χ4n) is 1.76. The summed E-state index contributed by atoms with van der Waals surface area (Å²) < 4.78 is 0. The summed E-state index contributed by atoms with van der Waals surface area (Å²) in [4.78, 5) is 12.9. The number of nitrogens with zero attached hydrogens (tertiary/aromatic N) is 3. The Kier molecular flexibility index (Phi) is 3.56. The van der Waals surface area contributed by atoms with Crippen LogP contribution >= 0.6 is 11.6 Å². The maximum absolute atomic E-state index is 5.93. The minimum Gasteiger partial charge on any atom is -0.325 e. The van der Waals surface area contributed by atoms with Crippen LogP contribution in [0.3, 0.4) is 0 Å². The molecule has 4 nitrogen and oxygen atoms in total. The number of hydrogen-bond donors (Lipinski definition) is 1. The highest BCUT2D eigenvalue weighted by Crippen LogP contribution is 2.19. The number of pyridine rings is 1. The molecule has 0 aliphatic carbocycles. The van der Waals surface area contributed by atoms with Gasteiger partial charge < -0.3 is 5.32 Å². The summed E-state index contributed by atoms with van der Waals surface area (Å²) in [6, 6.07) is 15.1. The summed E-state index contributed by atoms with van der Waals surface area (Å²) in [5.41, 5.74) is 0.968. The van der Waals surface area contributed by atoms with Crippen LogP contribution in [0.15, 0.2) is 60.9 Å². The van der Waals surface area contributed by atoms with Gasteiger partial charge in [0.1, 0.15) is 11.6 Å². The first kappa shape index (κ1) is 12.6. The highest BCUT2D eigenvalue weighted by atomic mass is 35.5. The summed E-state index contributed by atoms with van der Waals surface area (Å²) in [5, 5.41) is 3.73. The molecule has 20 heavy (non-hydrogen) atoms. The fourth-order valence-corrected chi connectivity index (χ4v) is 1.92. The van der Waals surface area contributed by atoms with Gasteiger partial charge in [-0.15, -0.1) is 0 Å². The predicted molar refractivity (Wildman–Crippen MR) is 80.0 cm³/mol. The van der Waals surface area contributed by atoms with Gasteiger partial charge >= 0.3 is 0 Å². The molecular formula is C15H11ClN4. The van der Waals surface area contributed by atoms with Gasteiger partial charge in [0.2, 0.25) is 0 Å². The molecule has 0 atom stereocenters. The van der Waals surface area contributed by atoms with Gasteiger partial charge in [0.15, 0.2) is 5.82 Å². The molecule has 0 unspecified atom stereocenters. The van der Waals surface area contributed by atoms with Crippen LogP contribution in [0.5, 0.6) is 0 Å². The topological polar surface area (TPSA) is 50.7 Å². The number of halogens is 1. The molecule has 98 valence electrons. The van der Waals surface area contributed by atoms with E-state index in [1.807, 2.05) is 30.3 Å². The van der Waals surface area contributed by atoms with E-state index in [-0.39, 0.29) is 0 Å². The minimum atomic E-state index is 0.625. The summed E-state index contributed by atoms with van der Waals surface area (Å²) in [6.45, 7) is 0. The van der Waals surface area contributed by atoms with E-state index in [2.05, 4.69) is 20.3 Å². The van der Waals surface area contributed by atoms with E-state index in [1.165, 1.54) is 0 Å².